The minimum Gasteiger partial charge on any atom is -0.481 e. The van der Waals surface area contributed by atoms with Crippen LogP contribution in [-0.4, -0.2) is 54.1 Å². The van der Waals surface area contributed by atoms with Crippen LogP contribution in [0.2, 0.25) is 0 Å². The van der Waals surface area contributed by atoms with E-state index in [1.54, 1.807) is 13.4 Å². The molecular weight excluding hydrogens is 352 g/mol. The number of benzene rings is 1. The summed E-state index contributed by atoms with van der Waals surface area (Å²) in [6.07, 6.45) is 6.37. The Bertz CT molecular complexity index is 813. The number of likely N-dealkylation sites (tertiary alicyclic amines) is 1. The van der Waals surface area contributed by atoms with Crippen LogP contribution in [0.3, 0.4) is 0 Å². The van der Waals surface area contributed by atoms with E-state index in [0.717, 1.165) is 51.3 Å². The van der Waals surface area contributed by atoms with Crippen LogP contribution in [0.15, 0.2) is 42.7 Å². The molecule has 0 N–H and O–H groups in total. The fraction of sp³-hybridized carbons (Fsp3) is 0.500. The van der Waals surface area contributed by atoms with Gasteiger partial charge in [0.25, 0.3) is 0 Å². The van der Waals surface area contributed by atoms with Crippen molar-refractivity contribution in [1.82, 2.24) is 14.9 Å². The highest BCUT2D eigenvalue weighted by Crippen LogP contribution is 2.40. The molecule has 3 heterocycles. The second-order valence-electron chi connectivity index (χ2n) is 7.99. The summed E-state index contributed by atoms with van der Waals surface area (Å²) in [6.45, 7) is 3.56. The minimum absolute atomic E-state index is 0.154. The van der Waals surface area contributed by atoms with Crippen LogP contribution < -0.4 is 9.64 Å². The summed E-state index contributed by atoms with van der Waals surface area (Å²) >= 11 is 0. The van der Waals surface area contributed by atoms with Crippen molar-refractivity contribution < 1.29 is 9.53 Å². The number of nitrogens with zero attached hydrogens (tertiary/aromatic N) is 4. The van der Waals surface area contributed by atoms with Crippen molar-refractivity contribution in [2.75, 3.05) is 38.2 Å². The summed E-state index contributed by atoms with van der Waals surface area (Å²) in [6, 6.07) is 12.3. The zero-order valence-corrected chi connectivity index (χ0v) is 16.5. The molecule has 2 aromatic rings. The summed E-state index contributed by atoms with van der Waals surface area (Å²) < 4.78 is 5.26. The van der Waals surface area contributed by atoms with Gasteiger partial charge in [0.15, 0.2) is 0 Å². The Labute approximate surface area is 166 Å². The van der Waals surface area contributed by atoms with Gasteiger partial charge in [-0.1, -0.05) is 30.3 Å². The second kappa shape index (κ2) is 8.17. The van der Waals surface area contributed by atoms with Crippen molar-refractivity contribution in [3.63, 3.8) is 0 Å². The van der Waals surface area contributed by atoms with Crippen molar-refractivity contribution in [3.8, 4) is 5.88 Å². The molecule has 0 saturated carbocycles. The Balaban J connectivity index is 1.44. The Morgan fingerprint density at radius 3 is 2.82 bits per heavy atom. The number of methoxy groups -OCH3 is 1. The van der Waals surface area contributed by atoms with E-state index >= 15 is 0 Å². The number of aromatic nitrogens is 2. The predicted octanol–water partition coefficient (Wildman–Crippen LogP) is 2.94. The molecule has 1 unspecified atom stereocenters. The van der Waals surface area contributed by atoms with Crippen molar-refractivity contribution in [1.29, 1.82) is 0 Å². The maximum absolute atomic E-state index is 12.6. The van der Waals surface area contributed by atoms with E-state index in [-0.39, 0.29) is 5.41 Å². The fourth-order valence-corrected chi connectivity index (χ4v) is 4.57. The molecule has 148 valence electrons. The summed E-state index contributed by atoms with van der Waals surface area (Å²) in [7, 11) is 1.63. The molecule has 4 rings (SSSR count). The smallest absolute Gasteiger partial charge is 0.222 e. The molecule has 6 nitrogen and oxygen atoms in total. The lowest BCUT2D eigenvalue weighted by Gasteiger charge is -2.48. The van der Waals surface area contributed by atoms with Crippen molar-refractivity contribution in [2.24, 2.45) is 5.41 Å². The normalized spacial score (nSPS) is 22.5. The standard InChI is InChI=1S/C22H28N4O2/c1-28-20-14-19(23-17-24-20)25-12-5-10-22(15-25)11-8-21(27)26(16-22)13-9-18-6-3-2-4-7-18/h2-4,6-7,14,17H,5,8-13,15-16H2,1H3. The molecule has 1 atom stereocenters. The first-order valence-electron chi connectivity index (χ1n) is 10.1. The predicted molar refractivity (Wildman–Crippen MR) is 108 cm³/mol. The third-order valence-electron chi connectivity index (χ3n) is 6.08. The number of carbonyl (C=O) groups is 1. The first-order valence-corrected chi connectivity index (χ1v) is 10.1. The SMILES string of the molecule is COc1cc(N2CCCC3(CCC(=O)N(CCc4ccccc4)C3)C2)ncn1. The van der Waals surface area contributed by atoms with Crippen LogP contribution in [0.5, 0.6) is 5.88 Å². The molecule has 1 spiro atoms. The van der Waals surface area contributed by atoms with Gasteiger partial charge in [-0.3, -0.25) is 4.79 Å². The molecule has 2 aliphatic heterocycles. The number of hydrogen-bond donors (Lipinski definition) is 0. The summed E-state index contributed by atoms with van der Waals surface area (Å²) in [5.41, 5.74) is 1.44. The molecule has 0 bridgehead atoms. The highest BCUT2D eigenvalue weighted by molar-refractivity contribution is 5.77. The Morgan fingerprint density at radius 1 is 1.14 bits per heavy atom. The van der Waals surface area contributed by atoms with E-state index in [1.807, 2.05) is 12.1 Å². The molecule has 0 radical (unpaired) electrons. The van der Waals surface area contributed by atoms with E-state index in [4.69, 9.17) is 4.74 Å². The zero-order valence-electron chi connectivity index (χ0n) is 16.5. The lowest BCUT2D eigenvalue weighted by atomic mass is 9.73. The van der Waals surface area contributed by atoms with Crippen LogP contribution in [0.4, 0.5) is 5.82 Å². The van der Waals surface area contributed by atoms with Gasteiger partial charge in [0.1, 0.15) is 12.1 Å². The van der Waals surface area contributed by atoms with E-state index in [2.05, 4.69) is 44.0 Å². The average Bonchev–Trinajstić information content (AvgIpc) is 2.75. The molecule has 28 heavy (non-hydrogen) atoms. The quantitative estimate of drug-likeness (QED) is 0.798. The number of hydrogen-bond acceptors (Lipinski definition) is 5. The van der Waals surface area contributed by atoms with Gasteiger partial charge in [-0.05, 0) is 31.2 Å². The van der Waals surface area contributed by atoms with Gasteiger partial charge in [0, 0.05) is 44.1 Å². The molecule has 1 aromatic heterocycles. The topological polar surface area (TPSA) is 58.6 Å². The monoisotopic (exact) mass is 380 g/mol. The maximum Gasteiger partial charge on any atom is 0.222 e. The van der Waals surface area contributed by atoms with Crippen LogP contribution in [0.25, 0.3) is 0 Å². The van der Waals surface area contributed by atoms with Crippen LogP contribution in [0.1, 0.15) is 31.2 Å². The fourth-order valence-electron chi connectivity index (χ4n) is 4.57. The maximum atomic E-state index is 12.6. The zero-order chi connectivity index (χ0) is 19.4. The number of piperidine rings is 2. The first kappa shape index (κ1) is 18.7. The molecule has 1 amide bonds. The van der Waals surface area contributed by atoms with E-state index in [9.17, 15) is 4.79 Å². The average molecular weight is 380 g/mol. The van der Waals surface area contributed by atoms with E-state index < -0.39 is 0 Å². The van der Waals surface area contributed by atoms with Crippen LogP contribution in [-0.2, 0) is 11.2 Å². The van der Waals surface area contributed by atoms with Crippen molar-refractivity contribution in [3.05, 3.63) is 48.3 Å². The summed E-state index contributed by atoms with van der Waals surface area (Å²) in [5, 5.41) is 0. The molecule has 2 fully saturated rings. The lowest BCUT2D eigenvalue weighted by Crippen LogP contribution is -2.54. The summed E-state index contributed by atoms with van der Waals surface area (Å²) in [4.78, 5) is 25.5. The summed E-state index contributed by atoms with van der Waals surface area (Å²) in [5.74, 6) is 1.80. The van der Waals surface area contributed by atoms with Gasteiger partial charge >= 0.3 is 0 Å². The third-order valence-corrected chi connectivity index (χ3v) is 6.08. The van der Waals surface area contributed by atoms with Gasteiger partial charge < -0.3 is 14.5 Å². The highest BCUT2D eigenvalue weighted by Gasteiger charge is 2.41. The Hall–Kier alpha value is -2.63. The molecule has 1 aromatic carbocycles. The van der Waals surface area contributed by atoms with Gasteiger partial charge in [-0.25, -0.2) is 9.97 Å². The second-order valence-corrected chi connectivity index (χ2v) is 7.99. The molecule has 2 saturated heterocycles. The van der Waals surface area contributed by atoms with Gasteiger partial charge in [0.05, 0.1) is 7.11 Å². The van der Waals surface area contributed by atoms with Crippen LogP contribution in [0, 0.1) is 5.41 Å². The van der Waals surface area contributed by atoms with Gasteiger partial charge in [-0.15, -0.1) is 0 Å². The number of carbonyl (C=O) groups excluding carboxylic acids is 1. The largest absolute Gasteiger partial charge is 0.481 e. The Morgan fingerprint density at radius 2 is 2.00 bits per heavy atom. The first-order chi connectivity index (χ1) is 13.7. The number of ether oxygens (including phenoxy) is 1. The number of anilines is 1. The molecule has 6 heteroatoms. The van der Waals surface area contributed by atoms with Crippen molar-refractivity contribution in [2.45, 2.75) is 32.1 Å². The van der Waals surface area contributed by atoms with Gasteiger partial charge in [0.2, 0.25) is 11.8 Å². The minimum atomic E-state index is 0.154. The van der Waals surface area contributed by atoms with Crippen LogP contribution >= 0.6 is 0 Å². The Kier molecular flexibility index (Phi) is 5.46. The number of amides is 1. The van der Waals surface area contributed by atoms with Crippen molar-refractivity contribution >= 4 is 11.7 Å². The highest BCUT2D eigenvalue weighted by atomic mass is 16.5. The third kappa shape index (κ3) is 4.11. The van der Waals surface area contributed by atoms with E-state index in [0.29, 0.717) is 18.2 Å². The molecule has 0 aliphatic carbocycles. The number of rotatable bonds is 5. The molecule has 2 aliphatic rings. The molecular formula is C22H28N4O2. The lowest BCUT2D eigenvalue weighted by molar-refractivity contribution is -0.137. The van der Waals surface area contributed by atoms with E-state index in [1.165, 1.54) is 12.0 Å². The van der Waals surface area contributed by atoms with Gasteiger partial charge in [-0.2, -0.15) is 0 Å².